The minimum Gasteiger partial charge on any atom is -0.489 e. The van der Waals surface area contributed by atoms with E-state index in [0.29, 0.717) is 17.7 Å². The van der Waals surface area contributed by atoms with Gasteiger partial charge in [0.2, 0.25) is 0 Å². The molecule has 0 spiro atoms. The monoisotopic (exact) mass is 402 g/mol. The molecule has 0 aromatic heterocycles. The maximum atomic E-state index is 13.4. The number of ketones is 1. The molecule has 1 aromatic rings. The summed E-state index contributed by atoms with van der Waals surface area (Å²) in [5.74, 6) is -0.113. The van der Waals surface area contributed by atoms with E-state index in [1.54, 1.807) is 24.3 Å². The predicted octanol–water partition coefficient (Wildman–Crippen LogP) is 2.29. The van der Waals surface area contributed by atoms with Gasteiger partial charge in [0.1, 0.15) is 31.5 Å². The van der Waals surface area contributed by atoms with Gasteiger partial charge in [0.05, 0.1) is 22.5 Å². The first-order valence-electron chi connectivity index (χ1n) is 8.64. The lowest BCUT2D eigenvalue weighted by Crippen LogP contribution is -2.50. The molecule has 0 amide bonds. The van der Waals surface area contributed by atoms with Crippen LogP contribution in [0.3, 0.4) is 0 Å². The maximum absolute atomic E-state index is 13.4. The Kier molecular flexibility index (Phi) is 6.17. The number of hydrogen-bond acceptors (Lipinski definition) is 6. The maximum Gasteiger partial charge on any atom is 0.176 e. The lowest BCUT2D eigenvalue weighted by molar-refractivity contribution is 0.0181. The molecule has 1 aromatic carbocycles. The third-order valence-corrected chi connectivity index (χ3v) is 6.75. The van der Waals surface area contributed by atoms with Crippen LogP contribution in [0.5, 0.6) is 5.75 Å². The third-order valence-electron chi connectivity index (χ3n) is 4.86. The number of rotatable bonds is 8. The first kappa shape index (κ1) is 20.9. The molecule has 1 unspecified atom stereocenters. The summed E-state index contributed by atoms with van der Waals surface area (Å²) in [4.78, 5) is 13.4. The summed E-state index contributed by atoms with van der Waals surface area (Å²) >= 11 is 0. The van der Waals surface area contributed by atoms with Crippen LogP contribution in [0.15, 0.2) is 24.3 Å². The lowest BCUT2D eigenvalue weighted by Gasteiger charge is -2.43. The zero-order chi connectivity index (χ0) is 19.6. The number of ether oxygens (including phenoxy) is 1. The summed E-state index contributed by atoms with van der Waals surface area (Å²) < 4.78 is 53.1. The zero-order valence-electron chi connectivity index (χ0n) is 15.4. The SMILES string of the molecule is CCCC1Oc2ccccc2C(=O)C1(CCS(C)(=O)=O)CCS(C)(=O)=O. The van der Waals surface area contributed by atoms with Gasteiger partial charge in [-0.05, 0) is 31.4 Å². The smallest absolute Gasteiger partial charge is 0.176 e. The topological polar surface area (TPSA) is 94.6 Å². The molecular weight excluding hydrogens is 376 g/mol. The molecule has 0 saturated carbocycles. The Morgan fingerprint density at radius 2 is 1.54 bits per heavy atom. The van der Waals surface area contributed by atoms with Crippen LogP contribution >= 0.6 is 0 Å². The molecule has 1 aliphatic heterocycles. The predicted molar refractivity (Wildman–Crippen MR) is 101 cm³/mol. The van der Waals surface area contributed by atoms with Gasteiger partial charge >= 0.3 is 0 Å². The Morgan fingerprint density at radius 3 is 2.04 bits per heavy atom. The molecule has 0 bridgehead atoms. The Bertz CT molecular complexity index is 835. The van der Waals surface area contributed by atoms with Crippen molar-refractivity contribution in [2.24, 2.45) is 5.41 Å². The van der Waals surface area contributed by atoms with E-state index >= 15 is 0 Å². The van der Waals surface area contributed by atoms with Gasteiger partial charge in [0.25, 0.3) is 0 Å². The minimum atomic E-state index is -3.31. The van der Waals surface area contributed by atoms with Crippen molar-refractivity contribution in [2.75, 3.05) is 24.0 Å². The molecule has 0 saturated heterocycles. The Balaban J connectivity index is 2.53. The van der Waals surface area contributed by atoms with Crippen molar-refractivity contribution in [3.63, 3.8) is 0 Å². The fraction of sp³-hybridized carbons (Fsp3) is 0.611. The van der Waals surface area contributed by atoms with Crippen LogP contribution in [-0.4, -0.2) is 52.7 Å². The fourth-order valence-electron chi connectivity index (χ4n) is 3.44. The highest BCUT2D eigenvalue weighted by atomic mass is 32.2. The van der Waals surface area contributed by atoms with E-state index in [4.69, 9.17) is 4.74 Å². The molecule has 0 N–H and O–H groups in total. The standard InChI is InChI=1S/C18H26O6S2/c1-4-7-16-18(10-12-25(2,20)21,11-13-26(3,22)23)17(19)14-8-5-6-9-15(14)24-16/h5-6,8-9,16H,4,7,10-13H2,1-3H3. The van der Waals surface area contributed by atoms with Crippen LogP contribution in [0.1, 0.15) is 43.0 Å². The van der Waals surface area contributed by atoms with Gasteiger partial charge in [-0.15, -0.1) is 0 Å². The van der Waals surface area contributed by atoms with Crippen molar-refractivity contribution in [3.05, 3.63) is 29.8 Å². The molecule has 6 nitrogen and oxygen atoms in total. The summed E-state index contributed by atoms with van der Waals surface area (Å²) in [7, 11) is -6.62. The number of sulfone groups is 2. The quantitative estimate of drug-likeness (QED) is 0.662. The van der Waals surface area contributed by atoms with Gasteiger partial charge in [-0.2, -0.15) is 0 Å². The van der Waals surface area contributed by atoms with Crippen LogP contribution < -0.4 is 4.74 Å². The molecule has 0 fully saturated rings. The highest BCUT2D eigenvalue weighted by molar-refractivity contribution is 7.90. The molecular formula is C18H26O6S2. The summed E-state index contributed by atoms with van der Waals surface area (Å²) in [6.07, 6.45) is 3.09. The van der Waals surface area contributed by atoms with Gasteiger partial charge in [0.15, 0.2) is 5.78 Å². The number of hydrogen-bond donors (Lipinski definition) is 0. The average Bonchev–Trinajstić information content (AvgIpc) is 2.53. The van der Waals surface area contributed by atoms with Gasteiger partial charge in [0, 0.05) is 12.5 Å². The molecule has 0 radical (unpaired) electrons. The van der Waals surface area contributed by atoms with Crippen molar-refractivity contribution in [1.29, 1.82) is 0 Å². The van der Waals surface area contributed by atoms with Gasteiger partial charge in [-0.25, -0.2) is 16.8 Å². The van der Waals surface area contributed by atoms with Crippen molar-refractivity contribution in [1.82, 2.24) is 0 Å². The molecule has 8 heteroatoms. The van der Waals surface area contributed by atoms with Crippen LogP contribution in [0, 0.1) is 5.41 Å². The van der Waals surface area contributed by atoms with E-state index in [2.05, 4.69) is 0 Å². The lowest BCUT2D eigenvalue weighted by atomic mass is 9.68. The molecule has 2 rings (SSSR count). The molecule has 1 atom stereocenters. The summed E-state index contributed by atoms with van der Waals surface area (Å²) in [5, 5.41) is 0. The Hall–Kier alpha value is -1.41. The van der Waals surface area contributed by atoms with E-state index < -0.39 is 31.2 Å². The van der Waals surface area contributed by atoms with Crippen molar-refractivity contribution in [2.45, 2.75) is 38.7 Å². The van der Waals surface area contributed by atoms with Crippen molar-refractivity contribution in [3.8, 4) is 5.75 Å². The highest BCUT2D eigenvalue weighted by Gasteiger charge is 2.50. The molecule has 1 aliphatic rings. The van der Waals surface area contributed by atoms with Gasteiger partial charge < -0.3 is 4.74 Å². The van der Waals surface area contributed by atoms with Crippen LogP contribution in [-0.2, 0) is 19.7 Å². The number of carbonyl (C=O) groups is 1. The second-order valence-electron chi connectivity index (χ2n) is 7.14. The molecule has 0 aliphatic carbocycles. The first-order chi connectivity index (χ1) is 12.0. The number of Topliss-reactive ketones (excluding diaryl/α,β-unsaturated/α-hetero) is 1. The number of benzene rings is 1. The van der Waals surface area contributed by atoms with E-state index in [1.807, 2.05) is 6.92 Å². The second kappa shape index (κ2) is 7.68. The Morgan fingerprint density at radius 1 is 1.00 bits per heavy atom. The fourth-order valence-corrected chi connectivity index (χ4v) is 4.91. The number of para-hydroxylation sites is 1. The van der Waals surface area contributed by atoms with Gasteiger partial charge in [-0.1, -0.05) is 25.5 Å². The van der Waals surface area contributed by atoms with Crippen LogP contribution in [0.2, 0.25) is 0 Å². The van der Waals surface area contributed by atoms with E-state index in [1.165, 1.54) is 0 Å². The summed E-state index contributed by atoms with van der Waals surface area (Å²) in [6, 6.07) is 6.86. The van der Waals surface area contributed by atoms with E-state index in [-0.39, 0.29) is 30.1 Å². The number of fused-ring (bicyclic) bond motifs is 1. The molecule has 1 heterocycles. The first-order valence-corrected chi connectivity index (χ1v) is 12.8. The Labute approximate surface area is 155 Å². The normalized spacial score (nSPS) is 19.7. The zero-order valence-corrected chi connectivity index (χ0v) is 17.0. The largest absolute Gasteiger partial charge is 0.489 e. The van der Waals surface area contributed by atoms with E-state index in [0.717, 1.165) is 18.9 Å². The third kappa shape index (κ3) is 4.85. The molecule has 26 heavy (non-hydrogen) atoms. The van der Waals surface area contributed by atoms with Crippen molar-refractivity contribution >= 4 is 25.5 Å². The minimum absolute atomic E-state index is 0.0547. The molecule has 146 valence electrons. The van der Waals surface area contributed by atoms with E-state index in [9.17, 15) is 21.6 Å². The summed E-state index contributed by atoms with van der Waals surface area (Å²) in [6.45, 7) is 1.95. The highest BCUT2D eigenvalue weighted by Crippen LogP contribution is 2.45. The van der Waals surface area contributed by atoms with Crippen molar-refractivity contribution < 1.29 is 26.4 Å². The second-order valence-corrected chi connectivity index (χ2v) is 11.7. The number of carbonyl (C=O) groups excluding carboxylic acids is 1. The van der Waals surface area contributed by atoms with Gasteiger partial charge in [-0.3, -0.25) is 4.79 Å². The van der Waals surface area contributed by atoms with Crippen LogP contribution in [0.4, 0.5) is 0 Å². The average molecular weight is 403 g/mol. The summed E-state index contributed by atoms with van der Waals surface area (Å²) in [5.41, 5.74) is -0.766. The van der Waals surface area contributed by atoms with Crippen LogP contribution in [0.25, 0.3) is 0 Å².